The van der Waals surface area contributed by atoms with Crippen molar-refractivity contribution in [1.82, 2.24) is 15.0 Å². The van der Waals surface area contributed by atoms with Crippen LogP contribution in [0.1, 0.15) is 25.1 Å². The quantitative estimate of drug-likeness (QED) is 0.908. The fraction of sp³-hybridized carbons (Fsp3) is 0.333. The molecule has 2 rings (SSSR count). The van der Waals surface area contributed by atoms with Crippen LogP contribution in [0.2, 0.25) is 5.02 Å². The summed E-state index contributed by atoms with van der Waals surface area (Å²) < 4.78 is 1.77. The third-order valence-electron chi connectivity index (χ3n) is 2.46. The van der Waals surface area contributed by atoms with Crippen LogP contribution in [-0.2, 0) is 12.1 Å². The van der Waals surface area contributed by atoms with E-state index in [4.69, 9.17) is 17.3 Å². The van der Waals surface area contributed by atoms with Gasteiger partial charge in [0, 0.05) is 5.02 Å². The smallest absolute Gasteiger partial charge is 0.102 e. The average molecular weight is 251 g/mol. The summed E-state index contributed by atoms with van der Waals surface area (Å²) in [6.45, 7) is 4.48. The van der Waals surface area contributed by atoms with Gasteiger partial charge in [0.15, 0.2) is 0 Å². The molecule has 0 unspecified atom stereocenters. The molecule has 1 aromatic carbocycles. The fourth-order valence-electron chi connectivity index (χ4n) is 1.45. The molecule has 0 aliphatic carbocycles. The molecule has 0 spiro atoms. The summed E-state index contributed by atoms with van der Waals surface area (Å²) in [6.07, 6.45) is 1.87. The van der Waals surface area contributed by atoms with E-state index < -0.39 is 5.54 Å². The Morgan fingerprint density at radius 3 is 2.47 bits per heavy atom. The summed E-state index contributed by atoms with van der Waals surface area (Å²) in [4.78, 5) is 0. The highest BCUT2D eigenvalue weighted by molar-refractivity contribution is 6.30. The highest BCUT2D eigenvalue weighted by atomic mass is 35.5. The van der Waals surface area contributed by atoms with Gasteiger partial charge in [-0.25, -0.2) is 4.68 Å². The third-order valence-corrected chi connectivity index (χ3v) is 2.71. The first-order valence-electron chi connectivity index (χ1n) is 5.39. The predicted octanol–water partition coefficient (Wildman–Crippen LogP) is 2.17. The van der Waals surface area contributed by atoms with Gasteiger partial charge in [-0.05, 0) is 31.5 Å². The van der Waals surface area contributed by atoms with Crippen molar-refractivity contribution < 1.29 is 0 Å². The van der Waals surface area contributed by atoms with Crippen molar-refractivity contribution in [2.45, 2.75) is 25.9 Å². The van der Waals surface area contributed by atoms with Gasteiger partial charge in [0.05, 0.1) is 18.3 Å². The molecule has 0 atom stereocenters. The highest BCUT2D eigenvalue weighted by Crippen LogP contribution is 2.14. The molecule has 0 saturated carbocycles. The van der Waals surface area contributed by atoms with E-state index in [1.807, 2.05) is 44.3 Å². The molecule has 5 heteroatoms. The second-order valence-corrected chi connectivity index (χ2v) is 5.09. The predicted molar refractivity (Wildman–Crippen MR) is 67.8 cm³/mol. The maximum Gasteiger partial charge on any atom is 0.102 e. The number of hydrogen-bond acceptors (Lipinski definition) is 3. The molecule has 0 amide bonds. The SMILES string of the molecule is CC(C)(N)c1cn(Cc2ccc(Cl)cc2)nn1. The van der Waals surface area contributed by atoms with Crippen LogP contribution in [0.5, 0.6) is 0 Å². The van der Waals surface area contributed by atoms with Crippen molar-refractivity contribution in [2.24, 2.45) is 5.73 Å². The number of nitrogens with two attached hydrogens (primary N) is 1. The first-order chi connectivity index (χ1) is 7.95. The van der Waals surface area contributed by atoms with E-state index in [-0.39, 0.29) is 0 Å². The van der Waals surface area contributed by atoms with Crippen molar-refractivity contribution in [3.05, 3.63) is 46.7 Å². The van der Waals surface area contributed by atoms with Crippen LogP contribution in [0.25, 0.3) is 0 Å². The minimum Gasteiger partial charge on any atom is -0.320 e. The lowest BCUT2D eigenvalue weighted by molar-refractivity contribution is 0.533. The molecule has 1 heterocycles. The summed E-state index contributed by atoms with van der Waals surface area (Å²) >= 11 is 5.83. The zero-order chi connectivity index (χ0) is 12.5. The second-order valence-electron chi connectivity index (χ2n) is 4.65. The molecule has 90 valence electrons. The number of hydrogen-bond donors (Lipinski definition) is 1. The number of halogens is 1. The van der Waals surface area contributed by atoms with Gasteiger partial charge in [-0.15, -0.1) is 5.10 Å². The first-order valence-corrected chi connectivity index (χ1v) is 5.77. The maximum atomic E-state index is 5.95. The molecule has 2 aromatic rings. The normalized spacial score (nSPS) is 11.8. The molecule has 1 aromatic heterocycles. The Bertz CT molecular complexity index is 496. The Balaban J connectivity index is 2.14. The molecule has 2 N–H and O–H groups in total. The molecule has 0 aliphatic heterocycles. The van der Waals surface area contributed by atoms with Crippen LogP contribution in [0.3, 0.4) is 0 Å². The lowest BCUT2D eigenvalue weighted by atomic mass is 10.0. The van der Waals surface area contributed by atoms with Gasteiger partial charge >= 0.3 is 0 Å². The van der Waals surface area contributed by atoms with E-state index in [0.29, 0.717) is 6.54 Å². The molecule has 0 saturated heterocycles. The van der Waals surface area contributed by atoms with Crippen LogP contribution in [-0.4, -0.2) is 15.0 Å². The van der Waals surface area contributed by atoms with Gasteiger partial charge in [0.2, 0.25) is 0 Å². The first kappa shape index (κ1) is 12.1. The van der Waals surface area contributed by atoms with Gasteiger partial charge in [-0.3, -0.25) is 0 Å². The van der Waals surface area contributed by atoms with E-state index in [1.165, 1.54) is 0 Å². The largest absolute Gasteiger partial charge is 0.320 e. The van der Waals surface area contributed by atoms with Crippen LogP contribution < -0.4 is 5.73 Å². The number of benzene rings is 1. The van der Waals surface area contributed by atoms with Crippen LogP contribution in [0.4, 0.5) is 0 Å². The molecule has 0 bridgehead atoms. The Hall–Kier alpha value is -1.39. The maximum absolute atomic E-state index is 5.95. The molecular weight excluding hydrogens is 236 g/mol. The van der Waals surface area contributed by atoms with Crippen LogP contribution in [0, 0.1) is 0 Å². The minimum atomic E-state index is -0.460. The summed E-state index contributed by atoms with van der Waals surface area (Å²) in [5.41, 5.74) is 7.40. The summed E-state index contributed by atoms with van der Waals surface area (Å²) in [5, 5.41) is 8.85. The molecule has 4 nitrogen and oxygen atoms in total. The Labute approximate surface area is 105 Å². The summed E-state index contributed by atoms with van der Waals surface area (Å²) in [6, 6.07) is 7.66. The van der Waals surface area contributed by atoms with Gasteiger partial charge in [-0.1, -0.05) is 28.9 Å². The van der Waals surface area contributed by atoms with Crippen molar-refractivity contribution in [1.29, 1.82) is 0 Å². The van der Waals surface area contributed by atoms with E-state index in [9.17, 15) is 0 Å². The Morgan fingerprint density at radius 1 is 1.29 bits per heavy atom. The number of nitrogens with zero attached hydrogens (tertiary/aromatic N) is 3. The number of aromatic nitrogens is 3. The van der Waals surface area contributed by atoms with Crippen LogP contribution >= 0.6 is 11.6 Å². The molecule has 0 radical (unpaired) electrons. The van der Waals surface area contributed by atoms with Crippen molar-refractivity contribution in [3.63, 3.8) is 0 Å². The molecular formula is C12H15ClN4. The topological polar surface area (TPSA) is 56.7 Å². The lowest BCUT2D eigenvalue weighted by Crippen LogP contribution is -2.29. The molecule has 0 aliphatic rings. The van der Waals surface area contributed by atoms with Crippen molar-refractivity contribution in [2.75, 3.05) is 0 Å². The second kappa shape index (κ2) is 4.47. The van der Waals surface area contributed by atoms with Gasteiger partial charge in [0.1, 0.15) is 5.69 Å². The minimum absolute atomic E-state index is 0.460. The van der Waals surface area contributed by atoms with Gasteiger partial charge in [0.25, 0.3) is 0 Å². The number of rotatable bonds is 3. The van der Waals surface area contributed by atoms with E-state index in [2.05, 4.69) is 10.3 Å². The lowest BCUT2D eigenvalue weighted by Gasteiger charge is -2.13. The zero-order valence-corrected chi connectivity index (χ0v) is 10.6. The average Bonchev–Trinajstić information content (AvgIpc) is 2.69. The summed E-state index contributed by atoms with van der Waals surface area (Å²) in [7, 11) is 0. The van der Waals surface area contributed by atoms with Gasteiger partial charge in [-0.2, -0.15) is 0 Å². The summed E-state index contributed by atoms with van der Waals surface area (Å²) in [5.74, 6) is 0. The Morgan fingerprint density at radius 2 is 1.94 bits per heavy atom. The van der Waals surface area contributed by atoms with Crippen molar-refractivity contribution >= 4 is 11.6 Å². The van der Waals surface area contributed by atoms with E-state index >= 15 is 0 Å². The monoisotopic (exact) mass is 250 g/mol. The van der Waals surface area contributed by atoms with Crippen LogP contribution in [0.15, 0.2) is 30.5 Å². The zero-order valence-electron chi connectivity index (χ0n) is 9.89. The highest BCUT2D eigenvalue weighted by Gasteiger charge is 2.18. The molecule has 0 fully saturated rings. The standard InChI is InChI=1S/C12H15ClN4/c1-12(2,14)11-8-17(16-15-11)7-9-3-5-10(13)6-4-9/h3-6,8H,7,14H2,1-2H3. The third kappa shape index (κ3) is 3.05. The Kier molecular flexibility index (Phi) is 3.17. The van der Waals surface area contributed by atoms with E-state index in [1.54, 1.807) is 4.68 Å². The fourth-order valence-corrected chi connectivity index (χ4v) is 1.57. The van der Waals surface area contributed by atoms with E-state index in [0.717, 1.165) is 16.3 Å². The molecule has 17 heavy (non-hydrogen) atoms. The van der Waals surface area contributed by atoms with Gasteiger partial charge < -0.3 is 5.73 Å². The van der Waals surface area contributed by atoms with Crippen molar-refractivity contribution in [3.8, 4) is 0 Å².